The number of hydrogen-bond acceptors (Lipinski definition) is 3. The highest BCUT2D eigenvalue weighted by atomic mass is 35.5. The second kappa shape index (κ2) is 7.62. The topological polar surface area (TPSA) is 41.5 Å². The zero-order valence-electron chi connectivity index (χ0n) is 10.9. The number of rotatable bonds is 7. The summed E-state index contributed by atoms with van der Waals surface area (Å²) in [5.74, 6) is -1.15. The number of halogens is 3. The zero-order chi connectivity index (χ0) is 14.4. The number of hydrogen-bond donors (Lipinski definition) is 2. The largest absolute Gasteiger partial charge is 0.389 e. The van der Waals surface area contributed by atoms with Gasteiger partial charge in [0.05, 0.1) is 23.4 Å². The highest BCUT2D eigenvalue weighted by Crippen LogP contribution is 2.26. The van der Waals surface area contributed by atoms with Crippen LogP contribution in [-0.4, -0.2) is 31.0 Å². The van der Waals surface area contributed by atoms with Gasteiger partial charge in [0.1, 0.15) is 5.82 Å². The normalized spacial score (nSPS) is 12.8. The Morgan fingerprint density at radius 1 is 1.32 bits per heavy atom. The van der Waals surface area contributed by atoms with E-state index in [1.165, 1.54) is 0 Å². The molecule has 108 valence electrons. The second-order valence-corrected chi connectivity index (χ2v) is 5.12. The summed E-state index contributed by atoms with van der Waals surface area (Å²) in [6.07, 6.45) is -0.792. The van der Waals surface area contributed by atoms with Gasteiger partial charge in [-0.3, -0.25) is 0 Å². The van der Waals surface area contributed by atoms with Crippen molar-refractivity contribution in [3.05, 3.63) is 28.8 Å². The molecule has 0 spiro atoms. The van der Waals surface area contributed by atoms with Crippen molar-refractivity contribution in [3.8, 4) is 0 Å². The lowest BCUT2D eigenvalue weighted by molar-refractivity contribution is 0.0317. The summed E-state index contributed by atoms with van der Waals surface area (Å²) in [6, 6.07) is 1.74. The number of benzene rings is 1. The molecular formula is C13H18ClF2NO2. The molecule has 0 bridgehead atoms. The molecule has 0 saturated heterocycles. The fourth-order valence-corrected chi connectivity index (χ4v) is 1.69. The smallest absolute Gasteiger partial charge is 0.150 e. The third-order valence-corrected chi connectivity index (χ3v) is 2.58. The molecule has 1 atom stereocenters. The van der Waals surface area contributed by atoms with Gasteiger partial charge < -0.3 is 15.2 Å². The van der Waals surface area contributed by atoms with Crippen LogP contribution in [0.25, 0.3) is 0 Å². The van der Waals surface area contributed by atoms with Crippen molar-refractivity contribution in [2.45, 2.75) is 20.0 Å². The molecule has 1 unspecified atom stereocenters. The lowest BCUT2D eigenvalue weighted by Crippen LogP contribution is -2.26. The monoisotopic (exact) mass is 293 g/mol. The lowest BCUT2D eigenvalue weighted by atomic mass is 10.2. The van der Waals surface area contributed by atoms with Gasteiger partial charge in [0, 0.05) is 19.2 Å². The van der Waals surface area contributed by atoms with E-state index >= 15 is 0 Å². The van der Waals surface area contributed by atoms with E-state index in [1.807, 2.05) is 13.8 Å². The van der Waals surface area contributed by atoms with Crippen molar-refractivity contribution in [3.63, 3.8) is 0 Å². The molecule has 0 radical (unpaired) electrons. The van der Waals surface area contributed by atoms with Crippen molar-refractivity contribution in [2.75, 3.05) is 25.1 Å². The maximum atomic E-state index is 13.4. The molecule has 1 aromatic rings. The van der Waals surface area contributed by atoms with E-state index in [0.717, 1.165) is 12.1 Å². The Bertz CT molecular complexity index is 393. The first-order valence-electron chi connectivity index (χ1n) is 6.04. The highest BCUT2D eigenvalue weighted by molar-refractivity contribution is 6.33. The van der Waals surface area contributed by atoms with Crippen molar-refractivity contribution in [2.24, 2.45) is 5.92 Å². The lowest BCUT2D eigenvalue weighted by Gasteiger charge is -2.15. The summed E-state index contributed by atoms with van der Waals surface area (Å²) in [5.41, 5.74) is -0.0222. The molecular weight excluding hydrogens is 276 g/mol. The van der Waals surface area contributed by atoms with Crippen LogP contribution in [0.4, 0.5) is 14.5 Å². The molecule has 1 rings (SSSR count). The second-order valence-electron chi connectivity index (χ2n) is 4.71. The number of aliphatic hydroxyl groups is 1. The van der Waals surface area contributed by atoms with Gasteiger partial charge >= 0.3 is 0 Å². The van der Waals surface area contributed by atoms with E-state index in [-0.39, 0.29) is 23.9 Å². The molecule has 0 amide bonds. The van der Waals surface area contributed by atoms with Crippen molar-refractivity contribution >= 4 is 17.3 Å². The van der Waals surface area contributed by atoms with Crippen LogP contribution in [0.2, 0.25) is 5.02 Å². The fourth-order valence-electron chi connectivity index (χ4n) is 1.43. The molecule has 0 saturated carbocycles. The van der Waals surface area contributed by atoms with E-state index in [0.29, 0.717) is 12.5 Å². The van der Waals surface area contributed by atoms with Gasteiger partial charge in [-0.15, -0.1) is 0 Å². The molecule has 2 N–H and O–H groups in total. The van der Waals surface area contributed by atoms with Crippen LogP contribution < -0.4 is 5.32 Å². The van der Waals surface area contributed by atoms with Gasteiger partial charge in [-0.1, -0.05) is 25.4 Å². The van der Waals surface area contributed by atoms with Gasteiger partial charge in [0.15, 0.2) is 5.82 Å². The number of ether oxygens (including phenoxy) is 1. The number of anilines is 1. The Morgan fingerprint density at radius 3 is 2.58 bits per heavy atom. The van der Waals surface area contributed by atoms with E-state index in [9.17, 15) is 13.9 Å². The van der Waals surface area contributed by atoms with Gasteiger partial charge in [-0.05, 0) is 12.0 Å². The third-order valence-electron chi connectivity index (χ3n) is 2.28. The molecule has 0 fully saturated rings. The van der Waals surface area contributed by atoms with Crippen LogP contribution in [-0.2, 0) is 4.74 Å². The van der Waals surface area contributed by atoms with Crippen LogP contribution in [0.5, 0.6) is 0 Å². The molecule has 0 aliphatic heterocycles. The van der Waals surface area contributed by atoms with Gasteiger partial charge in [-0.25, -0.2) is 8.78 Å². The Kier molecular flexibility index (Phi) is 6.48. The van der Waals surface area contributed by atoms with Crippen molar-refractivity contribution in [1.82, 2.24) is 0 Å². The molecule has 0 aliphatic carbocycles. The van der Waals surface area contributed by atoms with E-state index in [2.05, 4.69) is 5.32 Å². The Morgan fingerprint density at radius 2 is 2.00 bits per heavy atom. The van der Waals surface area contributed by atoms with Crippen molar-refractivity contribution in [1.29, 1.82) is 0 Å². The fraction of sp³-hybridized carbons (Fsp3) is 0.538. The predicted octanol–water partition coefficient (Wildman–Crippen LogP) is 3.06. The van der Waals surface area contributed by atoms with Crippen molar-refractivity contribution < 1.29 is 18.6 Å². The minimum absolute atomic E-state index is 0.0222. The minimum atomic E-state index is -0.792. The molecule has 3 nitrogen and oxygen atoms in total. The SMILES string of the molecule is CC(C)COCC(O)CNc1c(F)cc(F)cc1Cl. The average Bonchev–Trinajstić information content (AvgIpc) is 2.26. The molecule has 6 heteroatoms. The Balaban J connectivity index is 2.44. The van der Waals surface area contributed by atoms with Gasteiger partial charge in [0.25, 0.3) is 0 Å². The van der Waals surface area contributed by atoms with Crippen LogP contribution in [0, 0.1) is 17.6 Å². The first-order chi connectivity index (χ1) is 8.90. The van der Waals surface area contributed by atoms with Crippen LogP contribution in [0.3, 0.4) is 0 Å². The molecule has 1 aromatic carbocycles. The molecule has 19 heavy (non-hydrogen) atoms. The van der Waals surface area contributed by atoms with E-state index in [1.54, 1.807) is 0 Å². The predicted molar refractivity (Wildman–Crippen MR) is 71.5 cm³/mol. The standard InChI is InChI=1S/C13H18ClF2NO2/c1-8(2)6-19-7-10(18)5-17-13-11(14)3-9(15)4-12(13)16/h3-4,8,10,17-18H,5-7H2,1-2H3. The molecule has 0 aromatic heterocycles. The van der Waals surface area contributed by atoms with Gasteiger partial charge in [0.2, 0.25) is 0 Å². The first-order valence-corrected chi connectivity index (χ1v) is 6.42. The quantitative estimate of drug-likeness (QED) is 0.812. The number of aliphatic hydroxyl groups excluding tert-OH is 1. The molecule has 0 aliphatic rings. The maximum absolute atomic E-state index is 13.4. The van der Waals surface area contributed by atoms with Crippen LogP contribution >= 0.6 is 11.6 Å². The van der Waals surface area contributed by atoms with Gasteiger partial charge in [-0.2, -0.15) is 0 Å². The maximum Gasteiger partial charge on any atom is 0.150 e. The minimum Gasteiger partial charge on any atom is -0.389 e. The summed E-state index contributed by atoms with van der Waals surface area (Å²) in [5, 5.41) is 12.2. The molecule has 0 heterocycles. The summed E-state index contributed by atoms with van der Waals surface area (Å²) in [6.45, 7) is 4.76. The number of nitrogens with one attached hydrogen (secondary N) is 1. The van der Waals surface area contributed by atoms with Crippen LogP contribution in [0.15, 0.2) is 12.1 Å². The highest BCUT2D eigenvalue weighted by Gasteiger charge is 2.12. The zero-order valence-corrected chi connectivity index (χ0v) is 11.7. The average molecular weight is 294 g/mol. The summed E-state index contributed by atoms with van der Waals surface area (Å²) in [4.78, 5) is 0. The Hall–Kier alpha value is -0.910. The first kappa shape index (κ1) is 16.1. The summed E-state index contributed by atoms with van der Waals surface area (Å²) in [7, 11) is 0. The third kappa shape index (κ3) is 5.72. The summed E-state index contributed by atoms with van der Waals surface area (Å²) < 4.78 is 31.5. The Labute approximate surface area is 116 Å². The van der Waals surface area contributed by atoms with Crippen LogP contribution in [0.1, 0.15) is 13.8 Å². The van der Waals surface area contributed by atoms with E-state index < -0.39 is 17.7 Å². The van der Waals surface area contributed by atoms with E-state index in [4.69, 9.17) is 16.3 Å². The summed E-state index contributed by atoms with van der Waals surface area (Å²) >= 11 is 5.71.